The van der Waals surface area contributed by atoms with Gasteiger partial charge in [-0.2, -0.15) is 0 Å². The molecule has 0 unspecified atom stereocenters. The van der Waals surface area contributed by atoms with E-state index >= 15 is 0 Å². The third kappa shape index (κ3) is 4.26. The highest BCUT2D eigenvalue weighted by Gasteiger charge is 2.21. The van der Waals surface area contributed by atoms with Crippen LogP contribution in [-0.4, -0.2) is 18.2 Å². The molecule has 0 aliphatic rings. The number of benzene rings is 1. The minimum atomic E-state index is -0.430. The summed E-state index contributed by atoms with van der Waals surface area (Å²) in [5.41, 5.74) is 1.13. The van der Waals surface area contributed by atoms with Crippen molar-refractivity contribution in [2.75, 3.05) is 6.54 Å². The van der Waals surface area contributed by atoms with E-state index in [0.29, 0.717) is 5.56 Å². The van der Waals surface area contributed by atoms with E-state index in [-0.39, 0.29) is 18.2 Å². The number of Topliss-reactive ketones (excluding diaryl/α,β-unsaturated/α-hetero) is 1. The SMILES string of the molecule is Cc1cc(Br)cc(C(=O)NCC(=O)C(C)(C)C)c1. The molecule has 0 bridgehead atoms. The lowest BCUT2D eigenvalue weighted by Gasteiger charge is -2.16. The summed E-state index contributed by atoms with van der Waals surface area (Å²) >= 11 is 3.35. The predicted molar refractivity (Wildman–Crippen MR) is 75.7 cm³/mol. The van der Waals surface area contributed by atoms with Gasteiger partial charge in [-0.1, -0.05) is 36.7 Å². The number of amides is 1. The van der Waals surface area contributed by atoms with E-state index in [4.69, 9.17) is 0 Å². The summed E-state index contributed by atoms with van der Waals surface area (Å²) in [6.45, 7) is 7.50. The average molecular weight is 312 g/mol. The van der Waals surface area contributed by atoms with E-state index in [9.17, 15) is 9.59 Å². The Morgan fingerprint density at radius 3 is 2.33 bits per heavy atom. The van der Waals surface area contributed by atoms with Gasteiger partial charge < -0.3 is 5.32 Å². The van der Waals surface area contributed by atoms with Crippen LogP contribution in [-0.2, 0) is 4.79 Å². The Balaban J connectivity index is 2.69. The first-order valence-corrected chi connectivity index (χ1v) is 6.58. The lowest BCUT2D eigenvalue weighted by molar-refractivity contribution is -0.125. The molecule has 0 aliphatic heterocycles. The molecule has 1 aromatic rings. The molecule has 4 heteroatoms. The normalized spacial score (nSPS) is 11.2. The van der Waals surface area contributed by atoms with Gasteiger partial charge in [-0.3, -0.25) is 9.59 Å². The van der Waals surface area contributed by atoms with Crippen molar-refractivity contribution >= 4 is 27.6 Å². The Morgan fingerprint density at radius 2 is 1.83 bits per heavy atom. The first kappa shape index (κ1) is 14.9. The van der Waals surface area contributed by atoms with Crippen LogP contribution < -0.4 is 5.32 Å². The summed E-state index contributed by atoms with van der Waals surface area (Å²) in [4.78, 5) is 23.6. The highest BCUT2D eigenvalue weighted by molar-refractivity contribution is 9.10. The quantitative estimate of drug-likeness (QED) is 0.932. The number of carbonyl (C=O) groups excluding carboxylic acids is 2. The fourth-order valence-electron chi connectivity index (χ4n) is 1.40. The number of halogens is 1. The Morgan fingerprint density at radius 1 is 1.22 bits per heavy atom. The molecule has 98 valence electrons. The van der Waals surface area contributed by atoms with E-state index in [2.05, 4.69) is 21.2 Å². The zero-order valence-electron chi connectivity index (χ0n) is 11.1. The van der Waals surface area contributed by atoms with Crippen LogP contribution in [0.1, 0.15) is 36.7 Å². The lowest BCUT2D eigenvalue weighted by Crippen LogP contribution is -2.35. The standard InChI is InChI=1S/C14H18BrNO2/c1-9-5-10(7-11(15)6-9)13(18)16-8-12(17)14(2,3)4/h5-7H,8H2,1-4H3,(H,16,18). The predicted octanol–water partition coefficient (Wildman–Crippen LogP) is 3.10. The van der Waals surface area contributed by atoms with Crippen molar-refractivity contribution in [3.63, 3.8) is 0 Å². The van der Waals surface area contributed by atoms with Crippen LogP contribution in [0.15, 0.2) is 22.7 Å². The molecule has 1 aromatic carbocycles. The van der Waals surface area contributed by atoms with Crippen molar-refractivity contribution in [3.8, 4) is 0 Å². The topological polar surface area (TPSA) is 46.2 Å². The van der Waals surface area contributed by atoms with Crippen LogP contribution >= 0.6 is 15.9 Å². The Hall–Kier alpha value is -1.16. The van der Waals surface area contributed by atoms with Crippen LogP contribution in [0.3, 0.4) is 0 Å². The van der Waals surface area contributed by atoms with Crippen molar-refractivity contribution in [1.82, 2.24) is 5.32 Å². The van der Waals surface area contributed by atoms with Crippen molar-refractivity contribution < 1.29 is 9.59 Å². The fourth-order valence-corrected chi connectivity index (χ4v) is 2.00. The van der Waals surface area contributed by atoms with E-state index in [1.807, 2.05) is 33.8 Å². The molecule has 0 fully saturated rings. The maximum Gasteiger partial charge on any atom is 0.251 e. The maximum absolute atomic E-state index is 11.9. The Bertz CT molecular complexity index is 455. The summed E-state index contributed by atoms with van der Waals surface area (Å²) < 4.78 is 0.856. The van der Waals surface area contributed by atoms with Gasteiger partial charge in [-0.15, -0.1) is 0 Å². The minimum absolute atomic E-state index is 0.0163. The minimum Gasteiger partial charge on any atom is -0.345 e. The molecule has 18 heavy (non-hydrogen) atoms. The molecule has 3 nitrogen and oxygen atoms in total. The van der Waals surface area contributed by atoms with E-state index in [1.165, 1.54) is 0 Å². The zero-order valence-corrected chi connectivity index (χ0v) is 12.7. The second-order valence-electron chi connectivity index (χ2n) is 5.37. The van der Waals surface area contributed by atoms with Gasteiger partial charge in [0.25, 0.3) is 5.91 Å². The number of hydrogen-bond acceptors (Lipinski definition) is 2. The van der Waals surface area contributed by atoms with E-state index < -0.39 is 5.41 Å². The first-order chi connectivity index (χ1) is 8.20. The van der Waals surface area contributed by atoms with Crippen molar-refractivity contribution in [2.45, 2.75) is 27.7 Å². The average Bonchev–Trinajstić information content (AvgIpc) is 2.22. The molecule has 0 radical (unpaired) electrons. The molecule has 0 spiro atoms. The molecule has 1 rings (SSSR count). The van der Waals surface area contributed by atoms with Crippen molar-refractivity contribution in [1.29, 1.82) is 0 Å². The molecule has 0 saturated carbocycles. The highest BCUT2D eigenvalue weighted by atomic mass is 79.9. The van der Waals surface area contributed by atoms with Gasteiger partial charge in [0, 0.05) is 15.5 Å². The monoisotopic (exact) mass is 311 g/mol. The van der Waals surface area contributed by atoms with Gasteiger partial charge in [-0.05, 0) is 30.7 Å². The number of aryl methyl sites for hydroxylation is 1. The number of rotatable bonds is 3. The van der Waals surface area contributed by atoms with E-state index in [0.717, 1.165) is 10.0 Å². The second-order valence-corrected chi connectivity index (χ2v) is 6.29. The summed E-state index contributed by atoms with van der Waals surface area (Å²) in [5, 5.41) is 2.65. The van der Waals surface area contributed by atoms with Crippen LogP contribution in [0.4, 0.5) is 0 Å². The molecular formula is C14H18BrNO2. The Labute approximate surface area is 116 Å². The van der Waals surface area contributed by atoms with Crippen LogP contribution in [0.5, 0.6) is 0 Å². The molecule has 1 amide bonds. The smallest absolute Gasteiger partial charge is 0.251 e. The van der Waals surface area contributed by atoms with Gasteiger partial charge in [-0.25, -0.2) is 0 Å². The largest absolute Gasteiger partial charge is 0.345 e. The van der Waals surface area contributed by atoms with Gasteiger partial charge in [0.15, 0.2) is 5.78 Å². The summed E-state index contributed by atoms with van der Waals surface area (Å²) in [6.07, 6.45) is 0. The number of ketones is 1. The van der Waals surface area contributed by atoms with Gasteiger partial charge in [0.1, 0.15) is 0 Å². The van der Waals surface area contributed by atoms with Crippen LogP contribution in [0, 0.1) is 12.3 Å². The molecule has 0 aliphatic carbocycles. The molecule has 0 atom stereocenters. The first-order valence-electron chi connectivity index (χ1n) is 5.79. The van der Waals surface area contributed by atoms with Crippen molar-refractivity contribution in [2.24, 2.45) is 5.41 Å². The maximum atomic E-state index is 11.9. The lowest BCUT2D eigenvalue weighted by atomic mass is 9.91. The summed E-state index contributed by atoms with van der Waals surface area (Å²) in [6, 6.07) is 5.46. The summed E-state index contributed by atoms with van der Waals surface area (Å²) in [5.74, 6) is -0.209. The Kier molecular flexibility index (Phi) is 4.68. The fraction of sp³-hybridized carbons (Fsp3) is 0.429. The molecule has 0 aromatic heterocycles. The number of carbonyl (C=O) groups is 2. The molecule has 0 saturated heterocycles. The number of nitrogens with one attached hydrogen (secondary N) is 1. The highest BCUT2D eigenvalue weighted by Crippen LogP contribution is 2.16. The molecule has 0 heterocycles. The zero-order chi connectivity index (χ0) is 13.9. The van der Waals surface area contributed by atoms with Gasteiger partial charge in [0.2, 0.25) is 0 Å². The summed E-state index contributed by atoms with van der Waals surface area (Å²) in [7, 11) is 0. The van der Waals surface area contributed by atoms with Gasteiger partial charge in [0.05, 0.1) is 6.54 Å². The van der Waals surface area contributed by atoms with Crippen molar-refractivity contribution in [3.05, 3.63) is 33.8 Å². The van der Waals surface area contributed by atoms with Gasteiger partial charge >= 0.3 is 0 Å². The van der Waals surface area contributed by atoms with Crippen LogP contribution in [0.2, 0.25) is 0 Å². The molecule has 1 N–H and O–H groups in total. The van der Waals surface area contributed by atoms with Crippen LogP contribution in [0.25, 0.3) is 0 Å². The third-order valence-electron chi connectivity index (χ3n) is 2.55. The number of hydrogen-bond donors (Lipinski definition) is 1. The third-order valence-corrected chi connectivity index (χ3v) is 3.01. The van der Waals surface area contributed by atoms with E-state index in [1.54, 1.807) is 12.1 Å². The molecular weight excluding hydrogens is 294 g/mol. The second kappa shape index (κ2) is 5.65.